The van der Waals surface area contributed by atoms with Crippen LogP contribution in [0.25, 0.3) is 0 Å². The molecule has 3 nitrogen and oxygen atoms in total. The van der Waals surface area contributed by atoms with E-state index in [1.54, 1.807) is 0 Å². The third kappa shape index (κ3) is 4.63. The van der Waals surface area contributed by atoms with Crippen molar-refractivity contribution in [2.75, 3.05) is 33.7 Å². The first-order chi connectivity index (χ1) is 7.24. The molecule has 0 spiro atoms. The molecule has 0 amide bonds. The van der Waals surface area contributed by atoms with Gasteiger partial charge in [-0.15, -0.1) is 0 Å². The van der Waals surface area contributed by atoms with Crippen molar-refractivity contribution >= 4 is 0 Å². The van der Waals surface area contributed by atoms with Gasteiger partial charge in [0.2, 0.25) is 0 Å². The van der Waals surface area contributed by atoms with Gasteiger partial charge in [-0.1, -0.05) is 6.42 Å². The summed E-state index contributed by atoms with van der Waals surface area (Å²) in [5, 5.41) is 8.53. The maximum atomic E-state index is 8.53. The van der Waals surface area contributed by atoms with E-state index in [1.165, 1.54) is 25.8 Å². The van der Waals surface area contributed by atoms with Gasteiger partial charge < -0.3 is 4.90 Å². The number of piperidine rings is 1. The van der Waals surface area contributed by atoms with Crippen molar-refractivity contribution in [3.8, 4) is 6.07 Å². The van der Waals surface area contributed by atoms with E-state index >= 15 is 0 Å². The highest BCUT2D eigenvalue weighted by Crippen LogP contribution is 2.17. The average molecular weight is 209 g/mol. The summed E-state index contributed by atoms with van der Waals surface area (Å²) in [4.78, 5) is 4.84. The van der Waals surface area contributed by atoms with Crippen LogP contribution in [0, 0.1) is 11.3 Å². The van der Waals surface area contributed by atoms with Crippen molar-refractivity contribution in [1.82, 2.24) is 9.80 Å². The van der Waals surface area contributed by atoms with Crippen molar-refractivity contribution < 1.29 is 0 Å². The Morgan fingerprint density at radius 1 is 1.40 bits per heavy atom. The first kappa shape index (κ1) is 12.5. The number of hydrogen-bond acceptors (Lipinski definition) is 3. The minimum atomic E-state index is 0.700. The number of likely N-dealkylation sites (N-methyl/N-ethyl adjacent to an activating group) is 1. The summed E-state index contributed by atoms with van der Waals surface area (Å²) < 4.78 is 0. The number of hydrogen-bond donors (Lipinski definition) is 0. The molecule has 0 radical (unpaired) electrons. The Labute approximate surface area is 93.7 Å². The maximum Gasteiger partial charge on any atom is 0.0622 e. The predicted molar refractivity (Wildman–Crippen MR) is 62.6 cm³/mol. The Bertz CT molecular complexity index is 207. The third-order valence-corrected chi connectivity index (χ3v) is 3.06. The summed E-state index contributed by atoms with van der Waals surface area (Å²) in [5.74, 6) is 0. The van der Waals surface area contributed by atoms with Crippen molar-refractivity contribution in [3.63, 3.8) is 0 Å². The number of nitriles is 1. The molecule has 1 aliphatic rings. The molecule has 1 fully saturated rings. The lowest BCUT2D eigenvalue weighted by Gasteiger charge is -2.37. The van der Waals surface area contributed by atoms with Crippen LogP contribution in [0.15, 0.2) is 0 Å². The molecule has 1 atom stereocenters. The molecule has 0 aromatic carbocycles. The van der Waals surface area contributed by atoms with Gasteiger partial charge in [0.1, 0.15) is 0 Å². The minimum Gasteiger partial charge on any atom is -0.308 e. The van der Waals surface area contributed by atoms with Crippen LogP contribution < -0.4 is 0 Å². The molecule has 0 aromatic heterocycles. The van der Waals surface area contributed by atoms with Crippen LogP contribution in [0.5, 0.6) is 0 Å². The van der Waals surface area contributed by atoms with Gasteiger partial charge >= 0.3 is 0 Å². The van der Waals surface area contributed by atoms with E-state index in [4.69, 9.17) is 5.26 Å². The van der Waals surface area contributed by atoms with Crippen molar-refractivity contribution in [2.24, 2.45) is 0 Å². The van der Waals surface area contributed by atoms with Crippen LogP contribution in [0.3, 0.4) is 0 Å². The third-order valence-electron chi connectivity index (χ3n) is 3.06. The van der Waals surface area contributed by atoms with Crippen molar-refractivity contribution in [3.05, 3.63) is 0 Å². The second kappa shape index (κ2) is 6.81. The fraction of sp³-hybridized carbons (Fsp3) is 0.917. The zero-order chi connectivity index (χ0) is 11.1. The smallest absolute Gasteiger partial charge is 0.0622 e. The van der Waals surface area contributed by atoms with Gasteiger partial charge in [-0.05, 0) is 46.4 Å². The Morgan fingerprint density at radius 3 is 2.87 bits per heavy atom. The second-order valence-electron chi connectivity index (χ2n) is 4.71. The van der Waals surface area contributed by atoms with Gasteiger partial charge in [0.15, 0.2) is 0 Å². The quantitative estimate of drug-likeness (QED) is 0.646. The van der Waals surface area contributed by atoms with Crippen LogP contribution in [0.2, 0.25) is 0 Å². The maximum absolute atomic E-state index is 8.53. The molecule has 1 unspecified atom stereocenters. The molecule has 0 bridgehead atoms. The van der Waals surface area contributed by atoms with E-state index < -0.39 is 0 Å². The first-order valence-electron chi connectivity index (χ1n) is 5.99. The first-order valence-corrected chi connectivity index (χ1v) is 5.99. The molecule has 15 heavy (non-hydrogen) atoms. The largest absolute Gasteiger partial charge is 0.308 e. The standard InChI is InChI=1S/C12H23N3/c1-14(2)11-12-7-3-5-9-15(12)10-6-4-8-13/h12H,3-7,9-11H2,1-2H3. The fourth-order valence-electron chi connectivity index (χ4n) is 2.34. The van der Waals surface area contributed by atoms with E-state index in [-0.39, 0.29) is 0 Å². The molecule has 0 aliphatic carbocycles. The molecule has 1 aliphatic heterocycles. The van der Waals surface area contributed by atoms with Crippen LogP contribution >= 0.6 is 0 Å². The van der Waals surface area contributed by atoms with Gasteiger partial charge in [-0.25, -0.2) is 0 Å². The van der Waals surface area contributed by atoms with Crippen LogP contribution in [-0.2, 0) is 0 Å². The summed E-state index contributed by atoms with van der Waals surface area (Å²) in [5.41, 5.74) is 0. The molecular formula is C12H23N3. The SMILES string of the molecule is CN(C)CC1CCCCN1CCCC#N. The summed E-state index contributed by atoms with van der Waals surface area (Å²) in [7, 11) is 4.28. The summed E-state index contributed by atoms with van der Waals surface area (Å²) in [6.45, 7) is 3.49. The molecule has 3 heteroatoms. The number of likely N-dealkylation sites (tertiary alicyclic amines) is 1. The fourth-order valence-corrected chi connectivity index (χ4v) is 2.34. The average Bonchev–Trinajstić information content (AvgIpc) is 2.20. The van der Waals surface area contributed by atoms with E-state index in [0.29, 0.717) is 12.5 Å². The van der Waals surface area contributed by atoms with E-state index in [1.807, 2.05) is 0 Å². The molecule has 0 N–H and O–H groups in total. The topological polar surface area (TPSA) is 30.3 Å². The second-order valence-corrected chi connectivity index (χ2v) is 4.71. The highest BCUT2D eigenvalue weighted by atomic mass is 15.2. The summed E-state index contributed by atoms with van der Waals surface area (Å²) in [6, 6.07) is 2.94. The Hall–Kier alpha value is -0.590. The minimum absolute atomic E-state index is 0.700. The van der Waals surface area contributed by atoms with Crippen LogP contribution in [0.4, 0.5) is 0 Å². The van der Waals surface area contributed by atoms with Gasteiger partial charge in [0.05, 0.1) is 6.07 Å². The van der Waals surface area contributed by atoms with E-state index in [2.05, 4.69) is 30.0 Å². The van der Waals surface area contributed by atoms with Gasteiger partial charge in [-0.2, -0.15) is 5.26 Å². The molecule has 86 valence electrons. The normalized spacial score (nSPS) is 22.9. The molecule has 1 saturated heterocycles. The summed E-state index contributed by atoms with van der Waals surface area (Å²) >= 11 is 0. The molecule has 1 heterocycles. The van der Waals surface area contributed by atoms with Gasteiger partial charge in [0.25, 0.3) is 0 Å². The Kier molecular flexibility index (Phi) is 5.67. The zero-order valence-corrected chi connectivity index (χ0v) is 10.1. The Balaban J connectivity index is 2.33. The monoisotopic (exact) mass is 209 g/mol. The van der Waals surface area contributed by atoms with E-state index in [0.717, 1.165) is 19.5 Å². The highest BCUT2D eigenvalue weighted by Gasteiger charge is 2.21. The van der Waals surface area contributed by atoms with Gasteiger partial charge in [0, 0.05) is 19.0 Å². The number of nitrogens with zero attached hydrogens (tertiary/aromatic N) is 3. The van der Waals surface area contributed by atoms with E-state index in [9.17, 15) is 0 Å². The molecule has 0 aromatic rings. The lowest BCUT2D eigenvalue weighted by atomic mass is 10.0. The van der Waals surface area contributed by atoms with Crippen molar-refractivity contribution in [2.45, 2.75) is 38.1 Å². The number of rotatable bonds is 5. The lowest BCUT2D eigenvalue weighted by Crippen LogP contribution is -2.45. The molecular weight excluding hydrogens is 186 g/mol. The lowest BCUT2D eigenvalue weighted by molar-refractivity contribution is 0.121. The zero-order valence-electron chi connectivity index (χ0n) is 10.1. The Morgan fingerprint density at radius 2 is 2.20 bits per heavy atom. The molecule has 1 rings (SSSR count). The van der Waals surface area contributed by atoms with Crippen molar-refractivity contribution in [1.29, 1.82) is 5.26 Å². The predicted octanol–water partition coefficient (Wildman–Crippen LogP) is 1.71. The van der Waals surface area contributed by atoms with Crippen LogP contribution in [0.1, 0.15) is 32.1 Å². The number of unbranched alkanes of at least 4 members (excludes halogenated alkanes) is 1. The molecule has 0 saturated carbocycles. The summed E-state index contributed by atoms with van der Waals surface area (Å²) in [6.07, 6.45) is 5.75. The van der Waals surface area contributed by atoms with Crippen LogP contribution in [-0.4, -0.2) is 49.6 Å². The highest BCUT2D eigenvalue weighted by molar-refractivity contribution is 4.80. The van der Waals surface area contributed by atoms with Gasteiger partial charge in [-0.3, -0.25) is 4.90 Å².